The Balaban J connectivity index is 1.51. The third-order valence-corrected chi connectivity index (χ3v) is 6.35. The Labute approximate surface area is 173 Å². The minimum atomic E-state index is -3.73. The van der Waals surface area contributed by atoms with Crippen LogP contribution in [0.3, 0.4) is 0 Å². The van der Waals surface area contributed by atoms with Gasteiger partial charge in [0.1, 0.15) is 11.6 Å². The summed E-state index contributed by atoms with van der Waals surface area (Å²) in [6, 6.07) is 11.9. The first-order valence-electron chi connectivity index (χ1n) is 9.48. The van der Waals surface area contributed by atoms with E-state index in [1.807, 2.05) is 0 Å². The SMILES string of the molecule is COc1ccc(S(=O)(=O)NCCn2nc(-c3ccc(F)cc3)n(C3CC3)c2=O)cc1. The summed E-state index contributed by atoms with van der Waals surface area (Å²) in [7, 11) is -2.23. The molecule has 0 saturated heterocycles. The van der Waals surface area contributed by atoms with Gasteiger partial charge in [-0.3, -0.25) is 4.57 Å². The number of hydrogen-bond donors (Lipinski definition) is 1. The molecule has 0 atom stereocenters. The molecule has 10 heteroatoms. The standard InChI is InChI=1S/C20H21FN4O4S/c1-29-17-8-10-18(11-9-17)30(27,28)22-12-13-24-20(26)25(16-6-7-16)19(23-24)14-2-4-15(21)5-3-14/h2-5,8-11,16,22H,6-7,12-13H2,1H3. The van der Waals surface area contributed by atoms with Crippen molar-refractivity contribution in [2.24, 2.45) is 0 Å². The molecule has 0 aliphatic heterocycles. The molecular formula is C20H21FN4O4S. The van der Waals surface area contributed by atoms with E-state index in [1.165, 1.54) is 36.1 Å². The van der Waals surface area contributed by atoms with Crippen molar-refractivity contribution < 1.29 is 17.5 Å². The fourth-order valence-corrected chi connectivity index (χ4v) is 4.17. The van der Waals surface area contributed by atoms with Gasteiger partial charge in [-0.05, 0) is 61.4 Å². The summed E-state index contributed by atoms with van der Waals surface area (Å²) in [5.74, 6) is 0.645. The molecule has 1 fully saturated rings. The van der Waals surface area contributed by atoms with E-state index in [-0.39, 0.29) is 35.5 Å². The number of nitrogens with one attached hydrogen (secondary N) is 1. The van der Waals surface area contributed by atoms with Crippen molar-refractivity contribution in [2.75, 3.05) is 13.7 Å². The molecule has 4 rings (SSSR count). The molecule has 0 amide bonds. The van der Waals surface area contributed by atoms with E-state index >= 15 is 0 Å². The number of methoxy groups -OCH3 is 1. The van der Waals surface area contributed by atoms with E-state index in [2.05, 4.69) is 9.82 Å². The van der Waals surface area contributed by atoms with E-state index in [9.17, 15) is 17.6 Å². The van der Waals surface area contributed by atoms with Crippen LogP contribution in [0.1, 0.15) is 18.9 Å². The third kappa shape index (κ3) is 4.14. The molecule has 30 heavy (non-hydrogen) atoms. The molecule has 0 spiro atoms. The fourth-order valence-electron chi connectivity index (χ4n) is 3.15. The molecule has 1 heterocycles. The number of ether oxygens (including phenoxy) is 1. The molecule has 0 bridgehead atoms. The minimum Gasteiger partial charge on any atom is -0.497 e. The zero-order valence-corrected chi connectivity index (χ0v) is 17.1. The van der Waals surface area contributed by atoms with Gasteiger partial charge in [0.05, 0.1) is 18.6 Å². The van der Waals surface area contributed by atoms with Gasteiger partial charge in [-0.25, -0.2) is 27.0 Å². The molecule has 2 aromatic carbocycles. The summed E-state index contributed by atoms with van der Waals surface area (Å²) in [6.07, 6.45) is 1.76. The van der Waals surface area contributed by atoms with Gasteiger partial charge in [-0.15, -0.1) is 5.10 Å². The highest BCUT2D eigenvalue weighted by molar-refractivity contribution is 7.89. The van der Waals surface area contributed by atoms with Crippen LogP contribution in [0.2, 0.25) is 0 Å². The monoisotopic (exact) mass is 432 g/mol. The Morgan fingerprint density at radius 2 is 1.80 bits per heavy atom. The summed E-state index contributed by atoms with van der Waals surface area (Å²) in [5, 5.41) is 4.38. The molecule has 158 valence electrons. The van der Waals surface area contributed by atoms with Crippen LogP contribution in [0.4, 0.5) is 4.39 Å². The first-order chi connectivity index (χ1) is 14.4. The Kier molecular flexibility index (Phi) is 5.44. The summed E-state index contributed by atoms with van der Waals surface area (Å²) in [5.41, 5.74) is 0.332. The number of nitrogens with zero attached hydrogens (tertiary/aromatic N) is 3. The molecule has 1 aliphatic carbocycles. The smallest absolute Gasteiger partial charge is 0.346 e. The lowest BCUT2D eigenvalue weighted by Gasteiger charge is -2.07. The van der Waals surface area contributed by atoms with Gasteiger partial charge in [-0.2, -0.15) is 0 Å². The Morgan fingerprint density at radius 1 is 1.13 bits per heavy atom. The van der Waals surface area contributed by atoms with Gasteiger partial charge in [0.25, 0.3) is 0 Å². The van der Waals surface area contributed by atoms with Crippen molar-refractivity contribution in [2.45, 2.75) is 30.3 Å². The Hall–Kier alpha value is -2.98. The van der Waals surface area contributed by atoms with Crippen LogP contribution in [0.15, 0.2) is 58.2 Å². The first kappa shape index (κ1) is 20.3. The van der Waals surface area contributed by atoms with Crippen LogP contribution < -0.4 is 15.1 Å². The maximum absolute atomic E-state index is 13.3. The maximum atomic E-state index is 13.3. The van der Waals surface area contributed by atoms with Gasteiger partial charge >= 0.3 is 5.69 Å². The summed E-state index contributed by atoms with van der Waals surface area (Å²) >= 11 is 0. The Morgan fingerprint density at radius 3 is 2.40 bits per heavy atom. The highest BCUT2D eigenvalue weighted by Crippen LogP contribution is 2.36. The van der Waals surface area contributed by atoms with Gasteiger partial charge < -0.3 is 4.74 Å². The number of rotatable bonds is 8. The average Bonchev–Trinajstić information content (AvgIpc) is 3.53. The first-order valence-corrected chi connectivity index (χ1v) is 11.0. The second-order valence-corrected chi connectivity index (χ2v) is 8.78. The van der Waals surface area contributed by atoms with Crippen LogP contribution in [-0.4, -0.2) is 36.4 Å². The van der Waals surface area contributed by atoms with Crippen molar-refractivity contribution in [3.8, 4) is 17.1 Å². The van der Waals surface area contributed by atoms with Gasteiger partial charge in [-0.1, -0.05) is 0 Å². The largest absolute Gasteiger partial charge is 0.497 e. The second kappa shape index (κ2) is 8.04. The van der Waals surface area contributed by atoms with Crippen molar-refractivity contribution in [3.63, 3.8) is 0 Å². The zero-order valence-electron chi connectivity index (χ0n) is 16.3. The molecule has 1 N–H and O–H groups in total. The summed E-state index contributed by atoms with van der Waals surface area (Å²) in [6.45, 7) is 0.0704. The van der Waals surface area contributed by atoms with Crippen molar-refractivity contribution in [3.05, 3.63) is 64.8 Å². The number of hydrogen-bond acceptors (Lipinski definition) is 5. The highest BCUT2D eigenvalue weighted by Gasteiger charge is 2.30. The van der Waals surface area contributed by atoms with E-state index < -0.39 is 10.0 Å². The molecule has 8 nitrogen and oxygen atoms in total. The maximum Gasteiger partial charge on any atom is 0.346 e. The van der Waals surface area contributed by atoms with Crippen molar-refractivity contribution >= 4 is 10.0 Å². The van der Waals surface area contributed by atoms with Crippen LogP contribution in [-0.2, 0) is 16.6 Å². The lowest BCUT2D eigenvalue weighted by atomic mass is 10.2. The molecule has 1 aromatic heterocycles. The third-order valence-electron chi connectivity index (χ3n) is 4.87. The van der Waals surface area contributed by atoms with Gasteiger partial charge in [0, 0.05) is 18.2 Å². The summed E-state index contributed by atoms with van der Waals surface area (Å²) in [4.78, 5) is 12.9. The topological polar surface area (TPSA) is 95.2 Å². The van der Waals surface area contributed by atoms with Gasteiger partial charge in [0.2, 0.25) is 10.0 Å². The molecule has 0 radical (unpaired) electrons. The highest BCUT2D eigenvalue weighted by atomic mass is 32.2. The van der Waals surface area contributed by atoms with Crippen LogP contribution in [0, 0.1) is 5.82 Å². The minimum absolute atomic E-state index is 0.00118. The molecular weight excluding hydrogens is 411 g/mol. The van der Waals surface area contributed by atoms with Crippen LogP contribution >= 0.6 is 0 Å². The van der Waals surface area contributed by atoms with E-state index in [0.717, 1.165) is 12.8 Å². The predicted octanol–water partition coefficient (Wildman–Crippen LogP) is 2.17. The second-order valence-electron chi connectivity index (χ2n) is 7.01. The van der Waals surface area contributed by atoms with E-state index in [0.29, 0.717) is 17.1 Å². The lowest BCUT2D eigenvalue weighted by molar-refractivity contribution is 0.414. The number of benzene rings is 2. The molecule has 1 saturated carbocycles. The molecule has 1 aliphatic rings. The average molecular weight is 432 g/mol. The predicted molar refractivity (Wildman–Crippen MR) is 108 cm³/mol. The quantitative estimate of drug-likeness (QED) is 0.589. The van der Waals surface area contributed by atoms with Gasteiger partial charge in [0.15, 0.2) is 5.82 Å². The van der Waals surface area contributed by atoms with E-state index in [4.69, 9.17) is 4.74 Å². The number of halogens is 1. The normalized spacial score (nSPS) is 14.1. The zero-order chi connectivity index (χ0) is 21.3. The Bertz CT molecular complexity index is 1200. The van der Waals surface area contributed by atoms with Crippen LogP contribution in [0.5, 0.6) is 5.75 Å². The molecule has 0 unspecified atom stereocenters. The van der Waals surface area contributed by atoms with E-state index in [1.54, 1.807) is 28.8 Å². The molecule has 3 aromatic rings. The number of sulfonamides is 1. The lowest BCUT2D eigenvalue weighted by Crippen LogP contribution is -2.32. The fraction of sp³-hybridized carbons (Fsp3) is 0.300. The van der Waals surface area contributed by atoms with Crippen LogP contribution in [0.25, 0.3) is 11.4 Å². The van der Waals surface area contributed by atoms with Crippen molar-refractivity contribution in [1.29, 1.82) is 0 Å². The van der Waals surface area contributed by atoms with Crippen molar-refractivity contribution in [1.82, 2.24) is 19.1 Å². The summed E-state index contributed by atoms with van der Waals surface area (Å²) < 4.78 is 48.5. The number of aromatic nitrogens is 3.